The van der Waals surface area contributed by atoms with E-state index in [0.717, 1.165) is 5.56 Å². The van der Waals surface area contributed by atoms with E-state index >= 15 is 0 Å². The molecule has 0 fully saturated rings. The fraction of sp³-hybridized carbons (Fsp3) is 0.238. The van der Waals surface area contributed by atoms with Crippen molar-refractivity contribution in [1.82, 2.24) is 0 Å². The minimum Gasteiger partial charge on any atom is -0.508 e. The number of aromatic hydroxyl groups is 1. The monoisotopic (exact) mass is 352 g/mol. The van der Waals surface area contributed by atoms with Crippen LogP contribution < -0.4 is 0 Å². The highest BCUT2D eigenvalue weighted by molar-refractivity contribution is 6.10. The first-order chi connectivity index (χ1) is 12.5. The minimum atomic E-state index is -0.325. The number of carbonyl (C=O) groups is 2. The third-order valence-electron chi connectivity index (χ3n) is 4.18. The van der Waals surface area contributed by atoms with E-state index in [1.165, 1.54) is 12.1 Å². The molecule has 0 bridgehead atoms. The topological polar surface area (TPSA) is 76.7 Å². The van der Waals surface area contributed by atoms with Gasteiger partial charge in [-0.1, -0.05) is 29.8 Å². The number of furan rings is 1. The molecule has 0 aliphatic heterocycles. The van der Waals surface area contributed by atoms with E-state index in [1.54, 1.807) is 25.1 Å². The molecule has 0 aliphatic carbocycles. The summed E-state index contributed by atoms with van der Waals surface area (Å²) in [6, 6.07) is 11.9. The summed E-state index contributed by atoms with van der Waals surface area (Å²) in [7, 11) is 0. The summed E-state index contributed by atoms with van der Waals surface area (Å²) in [5, 5.41) is 10.4. The van der Waals surface area contributed by atoms with Crippen LogP contribution in [0.3, 0.4) is 0 Å². The van der Waals surface area contributed by atoms with E-state index in [-0.39, 0.29) is 29.7 Å². The van der Waals surface area contributed by atoms with Crippen LogP contribution in [0.5, 0.6) is 5.75 Å². The molecule has 134 valence electrons. The largest absolute Gasteiger partial charge is 0.508 e. The molecule has 0 atom stereocenters. The quantitative estimate of drug-likeness (QED) is 0.532. The zero-order valence-electron chi connectivity index (χ0n) is 14.7. The Balaban J connectivity index is 2.02. The number of fused-ring (bicyclic) bond motifs is 1. The summed E-state index contributed by atoms with van der Waals surface area (Å²) in [6.07, 6.45) is 0.473. The molecule has 2 aromatic carbocycles. The number of hydrogen-bond donors (Lipinski definition) is 1. The number of ether oxygens (including phenoxy) is 1. The summed E-state index contributed by atoms with van der Waals surface area (Å²) in [5.41, 5.74) is 2.63. The number of phenols is 1. The Labute approximate surface area is 151 Å². The van der Waals surface area contributed by atoms with Crippen LogP contribution in [-0.4, -0.2) is 23.5 Å². The average Bonchev–Trinajstić information content (AvgIpc) is 2.97. The number of rotatable bonds is 6. The van der Waals surface area contributed by atoms with Gasteiger partial charge in [-0.05, 0) is 32.4 Å². The molecule has 1 N–H and O–H groups in total. The van der Waals surface area contributed by atoms with Gasteiger partial charge in [0.15, 0.2) is 5.76 Å². The molecule has 0 radical (unpaired) electrons. The molecule has 1 aromatic heterocycles. The Morgan fingerprint density at radius 2 is 1.85 bits per heavy atom. The molecule has 0 saturated heterocycles. The highest BCUT2D eigenvalue weighted by Crippen LogP contribution is 2.31. The van der Waals surface area contributed by atoms with Crippen molar-refractivity contribution in [3.8, 4) is 5.75 Å². The van der Waals surface area contributed by atoms with Gasteiger partial charge in [0.05, 0.1) is 6.61 Å². The number of esters is 1. The Kier molecular flexibility index (Phi) is 5.07. The molecular weight excluding hydrogens is 332 g/mol. The molecule has 1 heterocycles. The fourth-order valence-electron chi connectivity index (χ4n) is 2.87. The lowest BCUT2D eigenvalue weighted by atomic mass is 10.00. The summed E-state index contributed by atoms with van der Waals surface area (Å²) >= 11 is 0. The lowest BCUT2D eigenvalue weighted by Gasteiger charge is -2.04. The first-order valence-electron chi connectivity index (χ1n) is 8.51. The van der Waals surface area contributed by atoms with Gasteiger partial charge < -0.3 is 14.3 Å². The van der Waals surface area contributed by atoms with Crippen molar-refractivity contribution >= 4 is 22.7 Å². The van der Waals surface area contributed by atoms with E-state index in [1.807, 2.05) is 19.1 Å². The minimum absolute atomic E-state index is 0.0533. The third kappa shape index (κ3) is 3.61. The van der Waals surface area contributed by atoms with Gasteiger partial charge in [-0.2, -0.15) is 0 Å². The first kappa shape index (κ1) is 17.7. The number of hydrogen-bond acceptors (Lipinski definition) is 5. The molecule has 3 rings (SSSR count). The molecule has 5 heteroatoms. The van der Waals surface area contributed by atoms with Crippen LogP contribution in [0.2, 0.25) is 0 Å². The lowest BCUT2D eigenvalue weighted by Crippen LogP contribution is -2.08. The average molecular weight is 352 g/mol. The molecule has 26 heavy (non-hydrogen) atoms. The van der Waals surface area contributed by atoms with Gasteiger partial charge in [0, 0.05) is 29.0 Å². The Morgan fingerprint density at radius 1 is 1.12 bits per heavy atom. The number of phenolic OH excluding ortho intramolecular Hbond substituents is 1. The normalized spacial score (nSPS) is 10.8. The van der Waals surface area contributed by atoms with Crippen LogP contribution in [-0.2, 0) is 16.0 Å². The second kappa shape index (κ2) is 7.44. The first-order valence-corrected chi connectivity index (χ1v) is 8.51. The third-order valence-corrected chi connectivity index (χ3v) is 4.18. The Bertz CT molecular complexity index is 950. The maximum Gasteiger partial charge on any atom is 0.306 e. The molecule has 0 amide bonds. The van der Waals surface area contributed by atoms with Gasteiger partial charge in [0.1, 0.15) is 11.3 Å². The molecule has 0 saturated carbocycles. The van der Waals surface area contributed by atoms with Crippen molar-refractivity contribution in [3.05, 3.63) is 64.9 Å². The number of carbonyl (C=O) groups excluding carboxylic acids is 2. The summed E-state index contributed by atoms with van der Waals surface area (Å²) in [5.74, 6) is -0.329. The SMILES string of the molecule is CCOC(=O)CCc1c(C(=O)c2ccc(C)cc2)oc2cc(O)ccc12. The van der Waals surface area contributed by atoms with Crippen molar-refractivity contribution < 1.29 is 23.8 Å². The Hall–Kier alpha value is -3.08. The van der Waals surface area contributed by atoms with Crippen LogP contribution in [0.15, 0.2) is 46.9 Å². The summed E-state index contributed by atoms with van der Waals surface area (Å²) < 4.78 is 10.7. The zero-order chi connectivity index (χ0) is 18.7. The van der Waals surface area contributed by atoms with Crippen LogP contribution >= 0.6 is 0 Å². The maximum atomic E-state index is 12.9. The molecular formula is C21H20O5. The van der Waals surface area contributed by atoms with Crippen LogP contribution in [0, 0.1) is 6.92 Å². The maximum absolute atomic E-state index is 12.9. The van der Waals surface area contributed by atoms with Crippen molar-refractivity contribution in [1.29, 1.82) is 0 Å². The zero-order valence-corrected chi connectivity index (χ0v) is 14.7. The number of benzene rings is 2. The molecule has 0 aliphatic rings. The second-order valence-electron chi connectivity index (χ2n) is 6.09. The standard InChI is InChI=1S/C21H20O5/c1-3-25-19(23)11-10-17-16-9-8-15(22)12-18(16)26-21(17)20(24)14-6-4-13(2)5-7-14/h4-9,12,22H,3,10-11H2,1-2H3. The van der Waals surface area contributed by atoms with Gasteiger partial charge in [0.25, 0.3) is 0 Å². The number of aryl methyl sites for hydroxylation is 2. The molecule has 0 unspecified atom stereocenters. The highest BCUT2D eigenvalue weighted by atomic mass is 16.5. The van der Waals surface area contributed by atoms with Crippen LogP contribution in [0.25, 0.3) is 11.0 Å². The van der Waals surface area contributed by atoms with Crippen molar-refractivity contribution in [2.45, 2.75) is 26.7 Å². The molecule has 0 spiro atoms. The lowest BCUT2D eigenvalue weighted by molar-refractivity contribution is -0.143. The number of ketones is 1. The Morgan fingerprint density at radius 3 is 2.54 bits per heavy atom. The van der Waals surface area contributed by atoms with Crippen molar-refractivity contribution in [3.63, 3.8) is 0 Å². The molecule has 3 aromatic rings. The summed E-state index contributed by atoms with van der Waals surface area (Å²) in [6.45, 7) is 4.01. The van der Waals surface area contributed by atoms with Gasteiger partial charge in [-0.25, -0.2) is 0 Å². The predicted octanol–water partition coefficient (Wildman–Crippen LogP) is 4.17. The van der Waals surface area contributed by atoms with E-state index in [9.17, 15) is 14.7 Å². The van der Waals surface area contributed by atoms with Gasteiger partial charge in [0.2, 0.25) is 5.78 Å². The van der Waals surface area contributed by atoms with Crippen LogP contribution in [0.4, 0.5) is 0 Å². The van der Waals surface area contributed by atoms with E-state index in [0.29, 0.717) is 35.1 Å². The molecule has 5 nitrogen and oxygen atoms in total. The van der Waals surface area contributed by atoms with Gasteiger partial charge >= 0.3 is 5.97 Å². The fourth-order valence-corrected chi connectivity index (χ4v) is 2.87. The highest BCUT2D eigenvalue weighted by Gasteiger charge is 2.22. The van der Waals surface area contributed by atoms with Gasteiger partial charge in [-0.3, -0.25) is 9.59 Å². The van der Waals surface area contributed by atoms with E-state index in [2.05, 4.69) is 0 Å². The van der Waals surface area contributed by atoms with E-state index in [4.69, 9.17) is 9.15 Å². The van der Waals surface area contributed by atoms with Crippen molar-refractivity contribution in [2.24, 2.45) is 0 Å². The van der Waals surface area contributed by atoms with Crippen molar-refractivity contribution in [2.75, 3.05) is 6.61 Å². The van der Waals surface area contributed by atoms with Crippen LogP contribution in [0.1, 0.15) is 40.6 Å². The van der Waals surface area contributed by atoms with Gasteiger partial charge in [-0.15, -0.1) is 0 Å². The second-order valence-corrected chi connectivity index (χ2v) is 6.09. The predicted molar refractivity (Wildman–Crippen MR) is 97.4 cm³/mol. The summed E-state index contributed by atoms with van der Waals surface area (Å²) in [4.78, 5) is 24.7. The smallest absolute Gasteiger partial charge is 0.306 e. The van der Waals surface area contributed by atoms with E-state index < -0.39 is 0 Å².